The Bertz CT molecular complexity index is 379. The molecule has 1 saturated carbocycles. The molecule has 0 spiro atoms. The third-order valence-corrected chi connectivity index (χ3v) is 5.86. The van der Waals surface area contributed by atoms with Crippen LogP contribution < -0.4 is 0 Å². The summed E-state index contributed by atoms with van der Waals surface area (Å²) in [5.41, 5.74) is 0. The van der Waals surface area contributed by atoms with Crippen molar-refractivity contribution >= 4 is 5.91 Å². The molecule has 3 heteroatoms. The van der Waals surface area contributed by atoms with Gasteiger partial charge in [0.2, 0.25) is 5.91 Å². The van der Waals surface area contributed by atoms with Crippen LogP contribution in [0.5, 0.6) is 0 Å². The molecule has 0 aromatic heterocycles. The van der Waals surface area contributed by atoms with Crippen LogP contribution in [0, 0.1) is 11.8 Å². The number of amides is 1. The molecule has 124 valence electrons. The van der Waals surface area contributed by atoms with E-state index in [1.165, 1.54) is 51.5 Å². The van der Waals surface area contributed by atoms with E-state index in [9.17, 15) is 4.79 Å². The van der Waals surface area contributed by atoms with Crippen LogP contribution in [0.2, 0.25) is 0 Å². The minimum absolute atomic E-state index is 0.409. The highest BCUT2D eigenvalue weighted by Gasteiger charge is 2.24. The summed E-state index contributed by atoms with van der Waals surface area (Å²) in [6, 6.07) is 0. The van der Waals surface area contributed by atoms with E-state index in [1.807, 2.05) is 0 Å². The SMILES string of the molecule is O=C(CCC1CCCC1)N1CCN(CC2CC=CCC2)CC1. The molecule has 2 fully saturated rings. The summed E-state index contributed by atoms with van der Waals surface area (Å²) in [4.78, 5) is 17.0. The molecule has 1 aliphatic heterocycles. The van der Waals surface area contributed by atoms with Crippen LogP contribution in [0.1, 0.15) is 57.8 Å². The van der Waals surface area contributed by atoms with E-state index in [0.29, 0.717) is 5.91 Å². The normalized spacial score (nSPS) is 27.5. The summed E-state index contributed by atoms with van der Waals surface area (Å²) in [5.74, 6) is 2.09. The zero-order chi connectivity index (χ0) is 15.2. The lowest BCUT2D eigenvalue weighted by atomic mass is 9.94. The van der Waals surface area contributed by atoms with Crippen molar-refractivity contribution in [2.45, 2.75) is 57.8 Å². The lowest BCUT2D eigenvalue weighted by molar-refractivity contribution is -0.133. The van der Waals surface area contributed by atoms with Gasteiger partial charge in [-0.3, -0.25) is 9.69 Å². The van der Waals surface area contributed by atoms with E-state index in [0.717, 1.165) is 50.9 Å². The Morgan fingerprint density at radius 2 is 1.73 bits per heavy atom. The molecule has 1 unspecified atom stereocenters. The first kappa shape index (κ1) is 16.0. The zero-order valence-corrected chi connectivity index (χ0v) is 14.0. The summed E-state index contributed by atoms with van der Waals surface area (Å²) < 4.78 is 0. The summed E-state index contributed by atoms with van der Waals surface area (Å²) in [5, 5.41) is 0. The molecule has 1 heterocycles. The second-order valence-corrected chi connectivity index (χ2v) is 7.52. The van der Waals surface area contributed by atoms with Crippen LogP contribution in [-0.4, -0.2) is 48.4 Å². The lowest BCUT2D eigenvalue weighted by Crippen LogP contribution is -2.49. The Hall–Kier alpha value is -0.830. The average Bonchev–Trinajstić information content (AvgIpc) is 3.08. The van der Waals surface area contributed by atoms with Crippen molar-refractivity contribution in [2.75, 3.05) is 32.7 Å². The number of piperazine rings is 1. The van der Waals surface area contributed by atoms with Gasteiger partial charge in [-0.2, -0.15) is 0 Å². The van der Waals surface area contributed by atoms with Gasteiger partial charge in [-0.15, -0.1) is 0 Å². The second-order valence-electron chi connectivity index (χ2n) is 7.52. The summed E-state index contributed by atoms with van der Waals surface area (Å²) in [7, 11) is 0. The van der Waals surface area contributed by atoms with Crippen LogP contribution in [0.25, 0.3) is 0 Å². The molecule has 3 nitrogen and oxygen atoms in total. The maximum atomic E-state index is 12.3. The Kier molecular flexibility index (Phi) is 5.94. The van der Waals surface area contributed by atoms with Gasteiger partial charge in [0.1, 0.15) is 0 Å². The highest BCUT2D eigenvalue weighted by atomic mass is 16.2. The van der Waals surface area contributed by atoms with E-state index >= 15 is 0 Å². The van der Waals surface area contributed by atoms with Crippen LogP contribution >= 0.6 is 0 Å². The average molecular weight is 304 g/mol. The molecule has 0 N–H and O–H groups in total. The molecule has 0 radical (unpaired) electrons. The number of carbonyl (C=O) groups excluding carboxylic acids is 1. The number of hydrogen-bond donors (Lipinski definition) is 0. The molecule has 1 atom stereocenters. The van der Waals surface area contributed by atoms with Gasteiger partial charge < -0.3 is 4.90 Å². The smallest absolute Gasteiger partial charge is 0.222 e. The Morgan fingerprint density at radius 3 is 2.41 bits per heavy atom. The molecule has 1 amide bonds. The number of carbonyl (C=O) groups is 1. The molecule has 1 saturated heterocycles. The minimum Gasteiger partial charge on any atom is -0.340 e. The third-order valence-electron chi connectivity index (χ3n) is 5.86. The van der Waals surface area contributed by atoms with Gasteiger partial charge in [-0.1, -0.05) is 37.8 Å². The van der Waals surface area contributed by atoms with Crippen LogP contribution in [-0.2, 0) is 4.79 Å². The first-order valence-corrected chi connectivity index (χ1v) is 9.46. The summed E-state index contributed by atoms with van der Waals surface area (Å²) >= 11 is 0. The Labute approximate surface area is 135 Å². The van der Waals surface area contributed by atoms with Gasteiger partial charge in [0.15, 0.2) is 0 Å². The minimum atomic E-state index is 0.409. The zero-order valence-electron chi connectivity index (χ0n) is 14.0. The van der Waals surface area contributed by atoms with Crippen LogP contribution in [0.4, 0.5) is 0 Å². The third kappa shape index (κ3) is 4.58. The largest absolute Gasteiger partial charge is 0.340 e. The predicted octanol–water partition coefficient (Wildman–Crippen LogP) is 3.46. The van der Waals surface area contributed by atoms with Gasteiger partial charge in [-0.25, -0.2) is 0 Å². The topological polar surface area (TPSA) is 23.6 Å². The molecule has 2 aliphatic carbocycles. The van der Waals surface area contributed by atoms with E-state index in [4.69, 9.17) is 0 Å². The van der Waals surface area contributed by atoms with E-state index < -0.39 is 0 Å². The highest BCUT2D eigenvalue weighted by molar-refractivity contribution is 5.76. The van der Waals surface area contributed by atoms with Crippen molar-refractivity contribution in [3.05, 3.63) is 12.2 Å². The second kappa shape index (κ2) is 8.14. The molecule has 3 rings (SSSR count). The van der Waals surface area contributed by atoms with E-state index in [1.54, 1.807) is 0 Å². The predicted molar refractivity (Wildman–Crippen MR) is 90.7 cm³/mol. The fourth-order valence-electron chi connectivity index (χ4n) is 4.35. The first-order chi connectivity index (χ1) is 10.8. The molecular formula is C19H32N2O. The Balaban J connectivity index is 1.33. The Morgan fingerprint density at radius 1 is 0.955 bits per heavy atom. The van der Waals surface area contributed by atoms with E-state index in [-0.39, 0.29) is 0 Å². The summed E-state index contributed by atoms with van der Waals surface area (Å²) in [6.45, 7) is 5.29. The standard InChI is InChI=1S/C19H32N2O/c22-19(11-10-17-6-4-5-7-17)21-14-12-20(13-15-21)16-18-8-2-1-3-9-18/h1-2,17-18H,3-16H2. The lowest BCUT2D eigenvalue weighted by Gasteiger charge is -2.37. The number of nitrogens with zero attached hydrogens (tertiary/aromatic N) is 2. The van der Waals surface area contributed by atoms with Gasteiger partial charge in [-0.05, 0) is 37.5 Å². The summed E-state index contributed by atoms with van der Waals surface area (Å²) in [6.07, 6.45) is 15.9. The van der Waals surface area contributed by atoms with Gasteiger partial charge in [0.25, 0.3) is 0 Å². The number of hydrogen-bond acceptors (Lipinski definition) is 2. The maximum absolute atomic E-state index is 12.3. The van der Waals surface area contributed by atoms with Gasteiger partial charge in [0, 0.05) is 39.1 Å². The number of rotatable bonds is 5. The van der Waals surface area contributed by atoms with Crippen molar-refractivity contribution in [1.82, 2.24) is 9.80 Å². The van der Waals surface area contributed by atoms with Gasteiger partial charge in [0.05, 0.1) is 0 Å². The fraction of sp³-hybridized carbons (Fsp3) is 0.842. The quantitative estimate of drug-likeness (QED) is 0.726. The van der Waals surface area contributed by atoms with Crippen molar-refractivity contribution in [3.63, 3.8) is 0 Å². The van der Waals surface area contributed by atoms with Gasteiger partial charge >= 0.3 is 0 Å². The maximum Gasteiger partial charge on any atom is 0.222 e. The van der Waals surface area contributed by atoms with Crippen molar-refractivity contribution < 1.29 is 4.79 Å². The van der Waals surface area contributed by atoms with E-state index in [2.05, 4.69) is 22.0 Å². The fourth-order valence-corrected chi connectivity index (χ4v) is 4.35. The molecule has 0 aromatic rings. The first-order valence-electron chi connectivity index (χ1n) is 9.46. The molecular weight excluding hydrogens is 272 g/mol. The molecule has 0 aromatic carbocycles. The van der Waals surface area contributed by atoms with Crippen molar-refractivity contribution in [2.24, 2.45) is 11.8 Å². The van der Waals surface area contributed by atoms with Crippen LogP contribution in [0.3, 0.4) is 0 Å². The van der Waals surface area contributed by atoms with Crippen molar-refractivity contribution in [3.8, 4) is 0 Å². The van der Waals surface area contributed by atoms with Crippen molar-refractivity contribution in [1.29, 1.82) is 0 Å². The molecule has 0 bridgehead atoms. The monoisotopic (exact) mass is 304 g/mol. The molecule has 3 aliphatic rings. The highest BCUT2D eigenvalue weighted by Crippen LogP contribution is 2.28. The number of allylic oxidation sites excluding steroid dienone is 2. The molecule has 22 heavy (non-hydrogen) atoms. The van der Waals surface area contributed by atoms with Crippen LogP contribution in [0.15, 0.2) is 12.2 Å².